The molecule has 0 bridgehead atoms. The number of aromatic nitrogens is 2. The van der Waals surface area contributed by atoms with E-state index in [1.54, 1.807) is 0 Å². The largest absolute Gasteiger partial charge is 0.474 e. The predicted molar refractivity (Wildman–Crippen MR) is 54.5 cm³/mol. The highest BCUT2D eigenvalue weighted by molar-refractivity contribution is 5.36. The molecule has 0 amide bonds. The summed E-state index contributed by atoms with van der Waals surface area (Å²) in [6.07, 6.45) is 5.49. The zero-order chi connectivity index (χ0) is 9.80. The van der Waals surface area contributed by atoms with E-state index >= 15 is 0 Å². The molecule has 1 aromatic heterocycles. The minimum absolute atomic E-state index is 0.374. The van der Waals surface area contributed by atoms with Crippen LogP contribution < -0.4 is 10.1 Å². The number of anilines is 1. The standard InChI is InChI=1S/C10H15N3O/c1-2-11-9-6-10(13-7-12-9)14-8-4-3-5-8/h6-8H,2-5H2,1H3,(H,11,12,13). The van der Waals surface area contributed by atoms with Crippen LogP contribution >= 0.6 is 0 Å². The lowest BCUT2D eigenvalue weighted by Crippen LogP contribution is -2.25. The summed E-state index contributed by atoms with van der Waals surface area (Å²) in [6, 6.07) is 1.85. The lowest BCUT2D eigenvalue weighted by molar-refractivity contribution is 0.114. The molecule has 1 fully saturated rings. The molecule has 1 aliphatic rings. The third-order valence-electron chi connectivity index (χ3n) is 2.34. The van der Waals surface area contributed by atoms with Gasteiger partial charge in [0.2, 0.25) is 5.88 Å². The maximum Gasteiger partial charge on any atom is 0.218 e. The Labute approximate surface area is 83.7 Å². The fraction of sp³-hybridized carbons (Fsp3) is 0.600. The molecule has 1 heterocycles. The van der Waals surface area contributed by atoms with Crippen molar-refractivity contribution >= 4 is 5.82 Å². The summed E-state index contributed by atoms with van der Waals surface area (Å²) in [5.41, 5.74) is 0. The van der Waals surface area contributed by atoms with Gasteiger partial charge in [-0.25, -0.2) is 9.97 Å². The van der Waals surface area contributed by atoms with Gasteiger partial charge in [0.15, 0.2) is 0 Å². The zero-order valence-corrected chi connectivity index (χ0v) is 8.36. The molecule has 4 heteroatoms. The van der Waals surface area contributed by atoms with Crippen LogP contribution in [0.15, 0.2) is 12.4 Å². The lowest BCUT2D eigenvalue weighted by Gasteiger charge is -2.25. The van der Waals surface area contributed by atoms with E-state index in [-0.39, 0.29) is 0 Å². The smallest absolute Gasteiger partial charge is 0.218 e. The molecule has 0 aromatic carbocycles. The number of hydrogen-bond acceptors (Lipinski definition) is 4. The fourth-order valence-electron chi connectivity index (χ4n) is 1.34. The predicted octanol–water partition coefficient (Wildman–Crippen LogP) is 1.84. The lowest BCUT2D eigenvalue weighted by atomic mass is 9.96. The second kappa shape index (κ2) is 4.26. The van der Waals surface area contributed by atoms with Gasteiger partial charge >= 0.3 is 0 Å². The summed E-state index contributed by atoms with van der Waals surface area (Å²) in [5, 5.41) is 3.13. The average Bonchev–Trinajstić information content (AvgIpc) is 2.13. The molecular formula is C10H15N3O. The van der Waals surface area contributed by atoms with Crippen molar-refractivity contribution in [2.45, 2.75) is 32.3 Å². The molecule has 4 nitrogen and oxygen atoms in total. The molecule has 14 heavy (non-hydrogen) atoms. The van der Waals surface area contributed by atoms with Crippen LogP contribution in [-0.4, -0.2) is 22.6 Å². The highest BCUT2D eigenvalue weighted by atomic mass is 16.5. The van der Waals surface area contributed by atoms with Crippen molar-refractivity contribution in [1.29, 1.82) is 0 Å². The Morgan fingerprint density at radius 2 is 2.36 bits per heavy atom. The molecule has 1 N–H and O–H groups in total. The van der Waals surface area contributed by atoms with Gasteiger partial charge in [0.25, 0.3) is 0 Å². The highest BCUT2D eigenvalue weighted by Gasteiger charge is 2.19. The first-order valence-corrected chi connectivity index (χ1v) is 5.11. The van der Waals surface area contributed by atoms with E-state index in [9.17, 15) is 0 Å². The van der Waals surface area contributed by atoms with Crippen molar-refractivity contribution in [2.75, 3.05) is 11.9 Å². The van der Waals surface area contributed by atoms with Gasteiger partial charge in [-0.1, -0.05) is 0 Å². The first-order valence-electron chi connectivity index (χ1n) is 5.11. The Hall–Kier alpha value is -1.32. The topological polar surface area (TPSA) is 47.0 Å². The van der Waals surface area contributed by atoms with Gasteiger partial charge in [-0.3, -0.25) is 0 Å². The van der Waals surface area contributed by atoms with Gasteiger partial charge in [0, 0.05) is 12.6 Å². The van der Waals surface area contributed by atoms with Crippen LogP contribution in [0.3, 0.4) is 0 Å². The van der Waals surface area contributed by atoms with Crippen LogP contribution in [0.2, 0.25) is 0 Å². The Morgan fingerprint density at radius 1 is 1.50 bits per heavy atom. The van der Waals surface area contributed by atoms with Crippen molar-refractivity contribution in [3.8, 4) is 5.88 Å². The second-order valence-electron chi connectivity index (χ2n) is 3.44. The summed E-state index contributed by atoms with van der Waals surface area (Å²) in [5.74, 6) is 1.51. The summed E-state index contributed by atoms with van der Waals surface area (Å²) in [6.45, 7) is 2.90. The van der Waals surface area contributed by atoms with Gasteiger partial charge < -0.3 is 10.1 Å². The number of hydrogen-bond donors (Lipinski definition) is 1. The quantitative estimate of drug-likeness (QED) is 0.792. The van der Waals surface area contributed by atoms with E-state index in [1.807, 2.05) is 13.0 Å². The Balaban J connectivity index is 1.97. The van der Waals surface area contributed by atoms with Crippen molar-refractivity contribution in [3.05, 3.63) is 12.4 Å². The Morgan fingerprint density at radius 3 is 3.00 bits per heavy atom. The maximum atomic E-state index is 5.65. The molecule has 2 rings (SSSR count). The minimum Gasteiger partial charge on any atom is -0.474 e. The van der Waals surface area contributed by atoms with E-state index in [2.05, 4.69) is 15.3 Å². The van der Waals surface area contributed by atoms with Crippen molar-refractivity contribution in [2.24, 2.45) is 0 Å². The first-order chi connectivity index (χ1) is 6.88. The van der Waals surface area contributed by atoms with Crippen LogP contribution in [0.25, 0.3) is 0 Å². The van der Waals surface area contributed by atoms with Crippen LogP contribution in [0.4, 0.5) is 5.82 Å². The molecule has 0 spiro atoms. The molecule has 0 atom stereocenters. The van der Waals surface area contributed by atoms with Crippen LogP contribution in [-0.2, 0) is 0 Å². The second-order valence-corrected chi connectivity index (χ2v) is 3.44. The molecular weight excluding hydrogens is 178 g/mol. The number of nitrogens with zero attached hydrogens (tertiary/aromatic N) is 2. The van der Waals surface area contributed by atoms with E-state index in [1.165, 1.54) is 12.7 Å². The van der Waals surface area contributed by atoms with E-state index in [0.29, 0.717) is 12.0 Å². The third-order valence-corrected chi connectivity index (χ3v) is 2.34. The van der Waals surface area contributed by atoms with Crippen LogP contribution in [0.1, 0.15) is 26.2 Å². The summed E-state index contributed by atoms with van der Waals surface area (Å²) >= 11 is 0. The monoisotopic (exact) mass is 193 g/mol. The average molecular weight is 193 g/mol. The van der Waals surface area contributed by atoms with E-state index in [4.69, 9.17) is 4.74 Å². The molecule has 0 radical (unpaired) electrons. The van der Waals surface area contributed by atoms with Crippen LogP contribution in [0, 0.1) is 0 Å². The molecule has 0 aliphatic heterocycles. The van der Waals surface area contributed by atoms with E-state index in [0.717, 1.165) is 25.2 Å². The van der Waals surface area contributed by atoms with Gasteiger partial charge in [0.1, 0.15) is 18.2 Å². The zero-order valence-electron chi connectivity index (χ0n) is 8.36. The Bertz CT molecular complexity index is 299. The van der Waals surface area contributed by atoms with Gasteiger partial charge in [-0.15, -0.1) is 0 Å². The molecule has 76 valence electrons. The third kappa shape index (κ3) is 2.13. The maximum absolute atomic E-state index is 5.65. The molecule has 1 saturated carbocycles. The van der Waals surface area contributed by atoms with Gasteiger partial charge in [-0.2, -0.15) is 0 Å². The molecule has 1 aliphatic carbocycles. The SMILES string of the molecule is CCNc1cc(OC2CCC2)ncn1. The number of rotatable bonds is 4. The van der Waals surface area contributed by atoms with Crippen molar-refractivity contribution in [1.82, 2.24) is 9.97 Å². The molecule has 0 saturated heterocycles. The normalized spacial score (nSPS) is 16.1. The Kier molecular flexibility index (Phi) is 2.81. The first kappa shape index (κ1) is 9.24. The molecule has 0 unspecified atom stereocenters. The highest BCUT2D eigenvalue weighted by Crippen LogP contribution is 2.24. The van der Waals surface area contributed by atoms with Crippen LogP contribution in [0.5, 0.6) is 5.88 Å². The fourth-order valence-corrected chi connectivity index (χ4v) is 1.34. The summed E-state index contributed by atoms with van der Waals surface area (Å²) < 4.78 is 5.65. The van der Waals surface area contributed by atoms with Crippen molar-refractivity contribution < 1.29 is 4.74 Å². The minimum atomic E-state index is 0.374. The van der Waals surface area contributed by atoms with E-state index < -0.39 is 0 Å². The number of nitrogens with one attached hydrogen (secondary N) is 1. The van der Waals surface area contributed by atoms with Gasteiger partial charge in [0.05, 0.1) is 0 Å². The molecule has 1 aromatic rings. The summed E-state index contributed by atoms with van der Waals surface area (Å²) in [4.78, 5) is 8.15. The summed E-state index contributed by atoms with van der Waals surface area (Å²) in [7, 11) is 0. The number of ether oxygens (including phenoxy) is 1. The van der Waals surface area contributed by atoms with Gasteiger partial charge in [-0.05, 0) is 26.2 Å². The van der Waals surface area contributed by atoms with Crippen molar-refractivity contribution in [3.63, 3.8) is 0 Å².